The zero-order chi connectivity index (χ0) is 13.1. The number of nitrogens with zero attached hydrogens (tertiary/aromatic N) is 3. The summed E-state index contributed by atoms with van der Waals surface area (Å²) in [5, 5.41) is 9.36. The number of piperazine rings is 1. The molecule has 1 aromatic carbocycles. The first kappa shape index (κ1) is 13.5. The lowest BCUT2D eigenvalue weighted by molar-refractivity contribution is 0.132. The Morgan fingerprint density at radius 2 is 2.00 bits per heavy atom. The van der Waals surface area contributed by atoms with Gasteiger partial charge in [0.05, 0.1) is 6.07 Å². The van der Waals surface area contributed by atoms with Crippen molar-refractivity contribution in [3.63, 3.8) is 0 Å². The number of hydrogen-bond donors (Lipinski definition) is 0. The molecule has 1 aromatic rings. The third kappa shape index (κ3) is 2.89. The highest BCUT2D eigenvalue weighted by Crippen LogP contribution is 2.28. The van der Waals surface area contributed by atoms with E-state index in [4.69, 9.17) is 0 Å². The molecule has 1 aliphatic rings. The van der Waals surface area contributed by atoms with Crippen molar-refractivity contribution in [3.05, 3.63) is 34.1 Å². The van der Waals surface area contributed by atoms with E-state index in [1.165, 1.54) is 12.1 Å². The molecular formula is C13H15BrFN3. The lowest BCUT2D eigenvalue weighted by atomic mass is 10.1. The van der Waals surface area contributed by atoms with Crippen molar-refractivity contribution in [2.75, 3.05) is 33.2 Å². The maximum atomic E-state index is 13.3. The lowest BCUT2D eigenvalue weighted by Crippen LogP contribution is -2.45. The highest BCUT2D eigenvalue weighted by atomic mass is 79.9. The second-order valence-electron chi connectivity index (χ2n) is 4.54. The quantitative estimate of drug-likeness (QED) is 0.840. The molecule has 0 N–H and O–H groups in total. The van der Waals surface area contributed by atoms with E-state index in [1.54, 1.807) is 6.07 Å². The Balaban J connectivity index is 2.23. The Kier molecular flexibility index (Phi) is 4.33. The molecule has 5 heteroatoms. The van der Waals surface area contributed by atoms with Crippen molar-refractivity contribution in [1.29, 1.82) is 5.26 Å². The van der Waals surface area contributed by atoms with Crippen LogP contribution in [-0.4, -0.2) is 43.0 Å². The molecule has 1 aliphatic heterocycles. The minimum atomic E-state index is -0.385. The van der Waals surface area contributed by atoms with Crippen molar-refractivity contribution in [2.24, 2.45) is 0 Å². The summed E-state index contributed by atoms with van der Waals surface area (Å²) in [5.74, 6) is -0.303. The number of benzene rings is 1. The van der Waals surface area contributed by atoms with Crippen LogP contribution in [0.3, 0.4) is 0 Å². The molecule has 1 unspecified atom stereocenters. The largest absolute Gasteiger partial charge is 0.304 e. The monoisotopic (exact) mass is 311 g/mol. The molecule has 1 fully saturated rings. The van der Waals surface area contributed by atoms with Gasteiger partial charge in [-0.25, -0.2) is 4.39 Å². The van der Waals surface area contributed by atoms with Gasteiger partial charge in [-0.15, -0.1) is 0 Å². The van der Waals surface area contributed by atoms with Crippen LogP contribution >= 0.6 is 15.9 Å². The molecule has 0 radical (unpaired) electrons. The van der Waals surface area contributed by atoms with Crippen LogP contribution in [0.15, 0.2) is 22.7 Å². The fraction of sp³-hybridized carbons (Fsp3) is 0.462. The Morgan fingerprint density at radius 1 is 1.33 bits per heavy atom. The molecule has 0 amide bonds. The summed E-state index contributed by atoms with van der Waals surface area (Å²) < 4.78 is 14.1. The fourth-order valence-electron chi connectivity index (χ4n) is 2.15. The number of halogens is 2. The molecule has 3 nitrogen and oxygen atoms in total. The molecule has 96 valence electrons. The van der Waals surface area contributed by atoms with Crippen LogP contribution in [0, 0.1) is 17.1 Å². The second-order valence-corrected chi connectivity index (χ2v) is 5.39. The van der Waals surface area contributed by atoms with Crippen LogP contribution in [0.5, 0.6) is 0 Å². The van der Waals surface area contributed by atoms with Crippen molar-refractivity contribution in [3.8, 4) is 6.07 Å². The number of rotatable bonds is 2. The fourth-order valence-corrected chi connectivity index (χ4v) is 2.62. The SMILES string of the molecule is CN1CCN(C(C#N)c2cc(F)ccc2Br)CC1. The zero-order valence-corrected chi connectivity index (χ0v) is 11.8. The van der Waals surface area contributed by atoms with Gasteiger partial charge in [-0.05, 0) is 25.2 Å². The lowest BCUT2D eigenvalue weighted by Gasteiger charge is -2.35. The summed E-state index contributed by atoms with van der Waals surface area (Å²) in [6, 6.07) is 6.39. The van der Waals surface area contributed by atoms with Gasteiger partial charge in [0.1, 0.15) is 11.9 Å². The standard InChI is InChI=1S/C13H15BrFN3/c1-17-4-6-18(7-5-17)13(9-16)11-8-10(15)2-3-12(11)14/h2-3,8,13H,4-7H2,1H3. The summed E-state index contributed by atoms with van der Waals surface area (Å²) >= 11 is 3.40. The molecule has 0 aromatic heterocycles. The van der Waals surface area contributed by atoms with Crippen LogP contribution in [0.2, 0.25) is 0 Å². The predicted molar refractivity (Wildman–Crippen MR) is 71.5 cm³/mol. The topological polar surface area (TPSA) is 30.3 Å². The average molecular weight is 312 g/mol. The average Bonchev–Trinajstić information content (AvgIpc) is 2.37. The van der Waals surface area contributed by atoms with Gasteiger partial charge in [0.25, 0.3) is 0 Å². The highest BCUT2D eigenvalue weighted by Gasteiger charge is 2.25. The Bertz CT molecular complexity index is 464. The molecule has 1 heterocycles. The summed E-state index contributed by atoms with van der Waals surface area (Å²) in [5.41, 5.74) is 0.710. The van der Waals surface area contributed by atoms with Gasteiger partial charge in [0.2, 0.25) is 0 Å². The molecule has 18 heavy (non-hydrogen) atoms. The van der Waals surface area contributed by atoms with E-state index in [-0.39, 0.29) is 11.9 Å². The molecule has 1 atom stereocenters. The van der Waals surface area contributed by atoms with Gasteiger partial charge in [-0.2, -0.15) is 5.26 Å². The van der Waals surface area contributed by atoms with E-state index in [9.17, 15) is 9.65 Å². The highest BCUT2D eigenvalue weighted by molar-refractivity contribution is 9.10. The van der Waals surface area contributed by atoms with Crippen molar-refractivity contribution in [1.82, 2.24) is 9.80 Å². The first-order valence-electron chi connectivity index (χ1n) is 5.89. The maximum Gasteiger partial charge on any atom is 0.125 e. The van der Waals surface area contributed by atoms with Crippen molar-refractivity contribution >= 4 is 15.9 Å². The van der Waals surface area contributed by atoms with Gasteiger partial charge in [-0.1, -0.05) is 15.9 Å². The van der Waals surface area contributed by atoms with E-state index >= 15 is 0 Å². The summed E-state index contributed by atoms with van der Waals surface area (Å²) in [7, 11) is 2.07. The van der Waals surface area contributed by atoms with E-state index in [0.29, 0.717) is 5.56 Å². The van der Waals surface area contributed by atoms with E-state index < -0.39 is 0 Å². The maximum absolute atomic E-state index is 13.3. The molecule has 0 spiro atoms. The minimum Gasteiger partial charge on any atom is -0.304 e. The van der Waals surface area contributed by atoms with Crippen LogP contribution in [-0.2, 0) is 0 Å². The van der Waals surface area contributed by atoms with Crippen LogP contribution < -0.4 is 0 Å². The van der Waals surface area contributed by atoms with Crippen LogP contribution in [0.1, 0.15) is 11.6 Å². The van der Waals surface area contributed by atoms with Crippen molar-refractivity contribution < 1.29 is 4.39 Å². The first-order chi connectivity index (χ1) is 8.61. The normalized spacial score (nSPS) is 19.4. The van der Waals surface area contributed by atoms with Crippen LogP contribution in [0.25, 0.3) is 0 Å². The van der Waals surface area contributed by atoms with Crippen LogP contribution in [0.4, 0.5) is 4.39 Å². The summed E-state index contributed by atoms with van der Waals surface area (Å²) in [6.07, 6.45) is 0. The second kappa shape index (κ2) is 5.79. The number of nitriles is 1. The van der Waals surface area contributed by atoms with Gasteiger partial charge in [-0.3, -0.25) is 4.90 Å². The van der Waals surface area contributed by atoms with E-state index in [1.807, 2.05) is 0 Å². The number of likely N-dealkylation sites (N-methyl/N-ethyl adjacent to an activating group) is 1. The van der Waals surface area contributed by atoms with Gasteiger partial charge in [0.15, 0.2) is 0 Å². The van der Waals surface area contributed by atoms with E-state index in [2.05, 4.69) is 38.8 Å². The molecule has 1 saturated heterocycles. The van der Waals surface area contributed by atoms with Crippen molar-refractivity contribution in [2.45, 2.75) is 6.04 Å². The first-order valence-corrected chi connectivity index (χ1v) is 6.68. The third-order valence-corrected chi connectivity index (χ3v) is 4.00. The zero-order valence-electron chi connectivity index (χ0n) is 10.2. The molecule has 0 aliphatic carbocycles. The Morgan fingerprint density at radius 3 is 2.61 bits per heavy atom. The smallest absolute Gasteiger partial charge is 0.125 e. The molecular weight excluding hydrogens is 297 g/mol. The van der Waals surface area contributed by atoms with Gasteiger partial charge in [0, 0.05) is 36.2 Å². The minimum absolute atomic E-state index is 0.303. The van der Waals surface area contributed by atoms with Gasteiger partial charge < -0.3 is 4.90 Å². The summed E-state index contributed by atoms with van der Waals surface area (Å²) in [4.78, 5) is 4.32. The van der Waals surface area contributed by atoms with E-state index in [0.717, 1.165) is 30.7 Å². The summed E-state index contributed by atoms with van der Waals surface area (Å²) in [6.45, 7) is 3.53. The Labute approximate surface area is 115 Å². The molecule has 2 rings (SSSR count). The third-order valence-electron chi connectivity index (χ3n) is 3.28. The predicted octanol–water partition coefficient (Wildman–Crippen LogP) is 2.40. The number of hydrogen-bond acceptors (Lipinski definition) is 3. The Hall–Kier alpha value is -0.960. The molecule has 0 bridgehead atoms. The van der Waals surface area contributed by atoms with Gasteiger partial charge >= 0.3 is 0 Å². The molecule has 0 saturated carbocycles.